The number of rotatable bonds is 6. The zero-order valence-electron chi connectivity index (χ0n) is 10.8. The Balaban J connectivity index is 2.11. The lowest BCUT2D eigenvalue weighted by molar-refractivity contribution is 0.536. The van der Waals surface area contributed by atoms with Crippen molar-refractivity contribution >= 4 is 22.9 Å². The smallest absolute Gasteiger partial charge is 0.123 e. The van der Waals surface area contributed by atoms with Gasteiger partial charge < -0.3 is 5.32 Å². The number of benzene rings is 1. The van der Waals surface area contributed by atoms with E-state index in [4.69, 9.17) is 11.6 Å². The third kappa shape index (κ3) is 4.30. The van der Waals surface area contributed by atoms with Crippen molar-refractivity contribution in [2.24, 2.45) is 0 Å². The Morgan fingerprint density at radius 1 is 1.21 bits per heavy atom. The van der Waals surface area contributed by atoms with Crippen LogP contribution >= 0.6 is 22.9 Å². The summed E-state index contributed by atoms with van der Waals surface area (Å²) in [5, 5.41) is 3.52. The molecule has 0 spiro atoms. The molecule has 102 valence electrons. The molecule has 1 nitrogen and oxygen atoms in total. The van der Waals surface area contributed by atoms with E-state index in [9.17, 15) is 4.39 Å². The standard InChI is InChI=1S/C15H17ClFNS/c1-2-9-18-13(14-7-8-15(16)19-14)10-11-3-5-12(17)6-4-11/h3-8,13,18H,2,9-10H2,1H3. The van der Waals surface area contributed by atoms with E-state index < -0.39 is 0 Å². The summed E-state index contributed by atoms with van der Waals surface area (Å²) in [6.07, 6.45) is 1.93. The van der Waals surface area contributed by atoms with E-state index in [1.54, 1.807) is 11.3 Å². The van der Waals surface area contributed by atoms with Gasteiger partial charge in [-0.05, 0) is 49.2 Å². The molecule has 2 rings (SSSR count). The average Bonchev–Trinajstić information content (AvgIpc) is 2.83. The maximum atomic E-state index is 12.9. The number of hydrogen-bond donors (Lipinski definition) is 1. The molecule has 1 aromatic carbocycles. The number of halogens is 2. The van der Waals surface area contributed by atoms with Crippen molar-refractivity contribution in [3.63, 3.8) is 0 Å². The molecule has 0 aliphatic rings. The van der Waals surface area contributed by atoms with Gasteiger partial charge in [0.15, 0.2) is 0 Å². The first-order chi connectivity index (χ1) is 9.19. The fraction of sp³-hybridized carbons (Fsp3) is 0.333. The van der Waals surface area contributed by atoms with Crippen LogP contribution in [0.5, 0.6) is 0 Å². The van der Waals surface area contributed by atoms with Crippen LogP contribution in [0.4, 0.5) is 4.39 Å². The first kappa shape index (κ1) is 14.5. The first-order valence-corrected chi connectivity index (χ1v) is 7.61. The third-order valence-electron chi connectivity index (χ3n) is 2.93. The number of thiophene rings is 1. The highest BCUT2D eigenvalue weighted by atomic mass is 35.5. The van der Waals surface area contributed by atoms with E-state index in [1.165, 1.54) is 17.0 Å². The van der Waals surface area contributed by atoms with Crippen LogP contribution in [0.1, 0.15) is 29.8 Å². The summed E-state index contributed by atoms with van der Waals surface area (Å²) in [4.78, 5) is 1.22. The maximum absolute atomic E-state index is 12.9. The van der Waals surface area contributed by atoms with Crippen LogP contribution in [-0.2, 0) is 6.42 Å². The van der Waals surface area contributed by atoms with Crippen LogP contribution in [0.2, 0.25) is 4.34 Å². The molecule has 0 amide bonds. The van der Waals surface area contributed by atoms with Gasteiger partial charge in [0.05, 0.1) is 4.34 Å². The number of nitrogens with one attached hydrogen (secondary N) is 1. The molecule has 0 aliphatic heterocycles. The first-order valence-electron chi connectivity index (χ1n) is 6.42. The number of hydrogen-bond acceptors (Lipinski definition) is 2. The zero-order valence-corrected chi connectivity index (χ0v) is 12.4. The van der Waals surface area contributed by atoms with E-state index in [0.29, 0.717) is 0 Å². The van der Waals surface area contributed by atoms with E-state index in [2.05, 4.69) is 18.3 Å². The van der Waals surface area contributed by atoms with Gasteiger partial charge in [-0.25, -0.2) is 4.39 Å². The third-order valence-corrected chi connectivity index (χ3v) is 4.28. The Kier molecular flexibility index (Phi) is 5.37. The molecule has 2 aromatic rings. The normalized spacial score (nSPS) is 12.6. The van der Waals surface area contributed by atoms with Crippen molar-refractivity contribution in [1.29, 1.82) is 0 Å². The molecule has 0 fully saturated rings. The Hall–Kier alpha value is -0.900. The minimum Gasteiger partial charge on any atom is -0.309 e. The van der Waals surface area contributed by atoms with Crippen LogP contribution in [0, 0.1) is 5.82 Å². The molecule has 0 radical (unpaired) electrons. The summed E-state index contributed by atoms with van der Waals surface area (Å²) in [5.41, 5.74) is 1.12. The summed E-state index contributed by atoms with van der Waals surface area (Å²) >= 11 is 7.60. The molecule has 1 aromatic heterocycles. The Labute approximate surface area is 122 Å². The summed E-state index contributed by atoms with van der Waals surface area (Å²) in [6.45, 7) is 3.10. The molecule has 4 heteroatoms. The highest BCUT2D eigenvalue weighted by Gasteiger charge is 2.13. The monoisotopic (exact) mass is 297 g/mol. The van der Waals surface area contributed by atoms with Gasteiger partial charge in [-0.3, -0.25) is 0 Å². The van der Waals surface area contributed by atoms with Gasteiger partial charge in [0.25, 0.3) is 0 Å². The van der Waals surface area contributed by atoms with E-state index in [0.717, 1.165) is 29.3 Å². The SMILES string of the molecule is CCCNC(Cc1ccc(F)cc1)c1ccc(Cl)s1. The molecule has 0 saturated heterocycles. The van der Waals surface area contributed by atoms with Gasteiger partial charge in [-0.2, -0.15) is 0 Å². The van der Waals surface area contributed by atoms with Gasteiger partial charge in [-0.15, -0.1) is 11.3 Å². The molecule has 0 bridgehead atoms. The molecule has 1 heterocycles. The minimum absolute atomic E-state index is 0.194. The molecule has 1 unspecified atom stereocenters. The van der Waals surface area contributed by atoms with Crippen LogP contribution in [0.25, 0.3) is 0 Å². The largest absolute Gasteiger partial charge is 0.309 e. The Morgan fingerprint density at radius 2 is 1.95 bits per heavy atom. The molecular weight excluding hydrogens is 281 g/mol. The average molecular weight is 298 g/mol. The lowest BCUT2D eigenvalue weighted by Crippen LogP contribution is -2.23. The summed E-state index contributed by atoms with van der Waals surface area (Å²) in [5.74, 6) is -0.194. The fourth-order valence-electron chi connectivity index (χ4n) is 1.96. The molecule has 0 saturated carbocycles. The molecular formula is C15H17ClFNS. The lowest BCUT2D eigenvalue weighted by Gasteiger charge is -2.17. The molecule has 0 aliphatic carbocycles. The summed E-state index contributed by atoms with van der Waals surface area (Å²) in [6, 6.07) is 10.9. The van der Waals surface area contributed by atoms with Crippen molar-refractivity contribution < 1.29 is 4.39 Å². The van der Waals surface area contributed by atoms with Gasteiger partial charge in [0, 0.05) is 10.9 Å². The predicted molar refractivity (Wildman–Crippen MR) is 80.5 cm³/mol. The summed E-state index contributed by atoms with van der Waals surface area (Å²) in [7, 11) is 0. The van der Waals surface area contributed by atoms with Gasteiger partial charge in [-0.1, -0.05) is 30.7 Å². The van der Waals surface area contributed by atoms with Crippen molar-refractivity contribution in [3.8, 4) is 0 Å². The Morgan fingerprint density at radius 3 is 2.53 bits per heavy atom. The van der Waals surface area contributed by atoms with E-state index >= 15 is 0 Å². The predicted octanol–water partition coefficient (Wildman–Crippen LogP) is 4.82. The Bertz CT molecular complexity index is 509. The second-order valence-corrected chi connectivity index (χ2v) is 6.23. The van der Waals surface area contributed by atoms with Crippen LogP contribution in [0.15, 0.2) is 36.4 Å². The van der Waals surface area contributed by atoms with Crippen LogP contribution < -0.4 is 5.32 Å². The van der Waals surface area contributed by atoms with Crippen LogP contribution in [0.3, 0.4) is 0 Å². The second-order valence-electron chi connectivity index (χ2n) is 4.48. The molecule has 1 N–H and O–H groups in total. The van der Waals surface area contributed by atoms with Crippen molar-refractivity contribution in [3.05, 3.63) is 57.0 Å². The highest BCUT2D eigenvalue weighted by molar-refractivity contribution is 7.16. The van der Waals surface area contributed by atoms with Gasteiger partial charge in [0.1, 0.15) is 5.82 Å². The fourth-order valence-corrected chi connectivity index (χ4v) is 3.10. The highest BCUT2D eigenvalue weighted by Crippen LogP contribution is 2.29. The zero-order chi connectivity index (χ0) is 13.7. The summed E-state index contributed by atoms with van der Waals surface area (Å²) < 4.78 is 13.7. The lowest BCUT2D eigenvalue weighted by atomic mass is 10.0. The van der Waals surface area contributed by atoms with Crippen molar-refractivity contribution in [2.45, 2.75) is 25.8 Å². The quantitative estimate of drug-likeness (QED) is 0.806. The van der Waals surface area contributed by atoms with Crippen molar-refractivity contribution in [1.82, 2.24) is 5.32 Å². The van der Waals surface area contributed by atoms with Gasteiger partial charge >= 0.3 is 0 Å². The second kappa shape index (κ2) is 7.04. The van der Waals surface area contributed by atoms with Gasteiger partial charge in [0.2, 0.25) is 0 Å². The van der Waals surface area contributed by atoms with E-state index in [1.807, 2.05) is 18.2 Å². The topological polar surface area (TPSA) is 12.0 Å². The van der Waals surface area contributed by atoms with Crippen LogP contribution in [-0.4, -0.2) is 6.54 Å². The van der Waals surface area contributed by atoms with E-state index in [-0.39, 0.29) is 11.9 Å². The molecule has 1 atom stereocenters. The minimum atomic E-state index is -0.194. The molecule has 19 heavy (non-hydrogen) atoms. The van der Waals surface area contributed by atoms with Crippen molar-refractivity contribution in [2.75, 3.05) is 6.54 Å². The maximum Gasteiger partial charge on any atom is 0.123 e.